The number of hydrogen-bond acceptors (Lipinski definition) is 6. The number of amides is 1. The monoisotopic (exact) mass is 506 g/mol. The first-order valence-corrected chi connectivity index (χ1v) is 12.6. The third-order valence-corrected chi connectivity index (χ3v) is 6.31. The largest absolute Gasteiger partial charge is 0.476 e. The molecule has 7 nitrogen and oxygen atoms in total. The first kappa shape index (κ1) is 26.5. The van der Waals surface area contributed by atoms with Gasteiger partial charge in [-0.2, -0.15) is 0 Å². The lowest BCUT2D eigenvalue weighted by atomic mass is 9.99. The minimum Gasteiger partial charge on any atom is -0.476 e. The summed E-state index contributed by atoms with van der Waals surface area (Å²) in [7, 11) is 0. The quantitative estimate of drug-likeness (QED) is 0.440. The Balaban J connectivity index is 1.46. The van der Waals surface area contributed by atoms with Crippen LogP contribution in [-0.2, 0) is 4.74 Å². The molecule has 1 aliphatic heterocycles. The SMILES string of the molecule is Cc1cccnc1-c1cc(-c2ccc(F)cc2)c(C)c(OCCN2CCN(C(=O)OC(C)(C)C)CC2)n1. The summed E-state index contributed by atoms with van der Waals surface area (Å²) in [6, 6.07) is 12.3. The van der Waals surface area contributed by atoms with Gasteiger partial charge in [-0.25, -0.2) is 14.2 Å². The second-order valence-corrected chi connectivity index (χ2v) is 10.3. The lowest BCUT2D eigenvalue weighted by Gasteiger charge is -2.35. The Morgan fingerprint density at radius 1 is 1.05 bits per heavy atom. The molecule has 1 aromatic carbocycles. The zero-order chi connectivity index (χ0) is 26.6. The average molecular weight is 507 g/mol. The van der Waals surface area contributed by atoms with E-state index in [1.807, 2.05) is 52.8 Å². The molecule has 0 spiro atoms. The van der Waals surface area contributed by atoms with E-state index in [-0.39, 0.29) is 11.9 Å². The Hall–Kier alpha value is -3.52. The van der Waals surface area contributed by atoms with E-state index in [2.05, 4.69) is 9.88 Å². The van der Waals surface area contributed by atoms with Crippen LogP contribution in [0.5, 0.6) is 5.88 Å². The van der Waals surface area contributed by atoms with Crippen LogP contribution in [-0.4, -0.2) is 70.8 Å². The van der Waals surface area contributed by atoms with Crippen molar-refractivity contribution in [3.05, 3.63) is 65.6 Å². The minimum absolute atomic E-state index is 0.266. The van der Waals surface area contributed by atoms with Gasteiger partial charge in [-0.15, -0.1) is 0 Å². The number of rotatable bonds is 6. The van der Waals surface area contributed by atoms with Crippen molar-refractivity contribution in [2.75, 3.05) is 39.3 Å². The maximum Gasteiger partial charge on any atom is 0.410 e. The maximum absolute atomic E-state index is 13.6. The summed E-state index contributed by atoms with van der Waals surface area (Å²) in [5, 5.41) is 0. The Kier molecular flexibility index (Phi) is 8.07. The third-order valence-electron chi connectivity index (χ3n) is 6.31. The average Bonchev–Trinajstić information content (AvgIpc) is 2.85. The van der Waals surface area contributed by atoms with Gasteiger partial charge >= 0.3 is 6.09 Å². The van der Waals surface area contributed by atoms with Crippen molar-refractivity contribution in [2.24, 2.45) is 0 Å². The number of piperazine rings is 1. The predicted molar refractivity (Wildman–Crippen MR) is 142 cm³/mol. The number of hydrogen-bond donors (Lipinski definition) is 0. The minimum atomic E-state index is -0.498. The highest BCUT2D eigenvalue weighted by Gasteiger charge is 2.26. The Morgan fingerprint density at radius 2 is 1.76 bits per heavy atom. The first-order chi connectivity index (χ1) is 17.6. The van der Waals surface area contributed by atoms with Gasteiger partial charge in [0.2, 0.25) is 5.88 Å². The molecule has 8 heteroatoms. The normalized spacial score (nSPS) is 14.5. The van der Waals surface area contributed by atoms with Crippen LogP contribution < -0.4 is 4.74 Å². The highest BCUT2D eigenvalue weighted by molar-refractivity contribution is 5.74. The number of ether oxygens (including phenoxy) is 2. The van der Waals surface area contributed by atoms with Crippen LogP contribution in [0.25, 0.3) is 22.5 Å². The van der Waals surface area contributed by atoms with Crippen molar-refractivity contribution >= 4 is 6.09 Å². The van der Waals surface area contributed by atoms with Crippen molar-refractivity contribution in [1.82, 2.24) is 19.8 Å². The molecule has 3 heterocycles. The summed E-state index contributed by atoms with van der Waals surface area (Å²) in [6.45, 7) is 13.5. The molecule has 1 amide bonds. The molecule has 0 bridgehead atoms. The fraction of sp³-hybridized carbons (Fsp3) is 0.414. The second kappa shape index (κ2) is 11.3. The summed E-state index contributed by atoms with van der Waals surface area (Å²) >= 11 is 0. The number of aromatic nitrogens is 2. The lowest BCUT2D eigenvalue weighted by molar-refractivity contribution is 0.0136. The Labute approximate surface area is 218 Å². The van der Waals surface area contributed by atoms with Crippen LogP contribution in [0.2, 0.25) is 0 Å². The highest BCUT2D eigenvalue weighted by Crippen LogP contribution is 2.33. The molecule has 4 rings (SSSR count). The topological polar surface area (TPSA) is 67.8 Å². The second-order valence-electron chi connectivity index (χ2n) is 10.3. The van der Waals surface area contributed by atoms with E-state index in [0.717, 1.165) is 41.0 Å². The number of nitrogens with zero attached hydrogens (tertiary/aromatic N) is 4. The molecule has 1 fully saturated rings. The fourth-order valence-corrected chi connectivity index (χ4v) is 4.28. The van der Waals surface area contributed by atoms with E-state index in [0.29, 0.717) is 37.8 Å². The van der Waals surface area contributed by atoms with E-state index in [1.165, 1.54) is 12.1 Å². The van der Waals surface area contributed by atoms with E-state index in [1.54, 1.807) is 23.2 Å². The van der Waals surface area contributed by atoms with Gasteiger partial charge in [0.25, 0.3) is 0 Å². The number of halogens is 1. The fourth-order valence-electron chi connectivity index (χ4n) is 4.28. The van der Waals surface area contributed by atoms with Crippen LogP contribution in [0.3, 0.4) is 0 Å². The van der Waals surface area contributed by atoms with Crippen LogP contribution in [0.1, 0.15) is 31.9 Å². The standard InChI is InChI=1S/C29H35FN4O3/c1-20-7-6-12-31-26(20)25-19-24(22-8-10-23(30)11-9-22)21(2)27(32-25)36-18-17-33-13-15-34(16-14-33)28(35)37-29(3,4)5/h6-12,19H,13-18H2,1-5H3. The third kappa shape index (κ3) is 6.83. The van der Waals surface area contributed by atoms with E-state index < -0.39 is 5.60 Å². The van der Waals surface area contributed by atoms with Gasteiger partial charge < -0.3 is 14.4 Å². The van der Waals surface area contributed by atoms with Crippen molar-refractivity contribution in [2.45, 2.75) is 40.2 Å². The number of benzene rings is 1. The molecule has 0 aliphatic carbocycles. The van der Waals surface area contributed by atoms with Gasteiger partial charge in [0.05, 0.1) is 11.4 Å². The molecule has 0 unspecified atom stereocenters. The number of carbonyl (C=O) groups is 1. The van der Waals surface area contributed by atoms with Crippen molar-refractivity contribution in [1.29, 1.82) is 0 Å². The smallest absolute Gasteiger partial charge is 0.410 e. The lowest BCUT2D eigenvalue weighted by Crippen LogP contribution is -2.50. The highest BCUT2D eigenvalue weighted by atomic mass is 19.1. The first-order valence-electron chi connectivity index (χ1n) is 12.6. The molecule has 1 saturated heterocycles. The van der Waals surface area contributed by atoms with Crippen molar-refractivity contribution < 1.29 is 18.7 Å². The molecular formula is C29H35FN4O3. The van der Waals surface area contributed by atoms with Crippen molar-refractivity contribution in [3.63, 3.8) is 0 Å². The molecule has 0 atom stereocenters. The van der Waals surface area contributed by atoms with E-state index in [9.17, 15) is 9.18 Å². The molecule has 37 heavy (non-hydrogen) atoms. The Bertz CT molecular complexity index is 1230. The predicted octanol–water partition coefficient (Wildman–Crippen LogP) is 5.50. The molecule has 1 aliphatic rings. The molecular weight excluding hydrogens is 471 g/mol. The molecule has 0 radical (unpaired) electrons. The van der Waals surface area contributed by atoms with Gasteiger partial charge in [-0.1, -0.05) is 18.2 Å². The molecule has 196 valence electrons. The molecule has 0 saturated carbocycles. The van der Waals surface area contributed by atoms with Gasteiger partial charge in [0, 0.05) is 44.5 Å². The van der Waals surface area contributed by atoms with Crippen LogP contribution in [0.4, 0.5) is 9.18 Å². The van der Waals surface area contributed by atoms with Gasteiger partial charge in [-0.3, -0.25) is 9.88 Å². The van der Waals surface area contributed by atoms with Crippen LogP contribution >= 0.6 is 0 Å². The number of carbonyl (C=O) groups excluding carboxylic acids is 1. The van der Waals surface area contributed by atoms with Crippen LogP contribution in [0, 0.1) is 19.7 Å². The zero-order valence-electron chi connectivity index (χ0n) is 22.3. The summed E-state index contributed by atoms with van der Waals surface area (Å²) in [4.78, 5) is 25.7. The summed E-state index contributed by atoms with van der Waals surface area (Å²) in [5.41, 5.74) is 4.71. The summed E-state index contributed by atoms with van der Waals surface area (Å²) in [6.07, 6.45) is 1.48. The number of aryl methyl sites for hydroxylation is 1. The molecule has 2 aromatic heterocycles. The summed E-state index contributed by atoms with van der Waals surface area (Å²) in [5.74, 6) is 0.258. The zero-order valence-corrected chi connectivity index (χ0v) is 22.3. The van der Waals surface area contributed by atoms with Gasteiger partial charge in [0.1, 0.15) is 18.0 Å². The van der Waals surface area contributed by atoms with Crippen molar-refractivity contribution in [3.8, 4) is 28.4 Å². The van der Waals surface area contributed by atoms with E-state index in [4.69, 9.17) is 14.5 Å². The summed E-state index contributed by atoms with van der Waals surface area (Å²) < 4.78 is 25.3. The van der Waals surface area contributed by atoms with Gasteiger partial charge in [-0.05, 0) is 75.6 Å². The van der Waals surface area contributed by atoms with Gasteiger partial charge in [0.15, 0.2) is 0 Å². The Morgan fingerprint density at radius 3 is 2.41 bits per heavy atom. The van der Waals surface area contributed by atoms with Crippen LogP contribution in [0.15, 0.2) is 48.7 Å². The molecule has 3 aromatic rings. The molecule has 0 N–H and O–H groups in total. The number of pyridine rings is 2. The maximum atomic E-state index is 13.6. The van der Waals surface area contributed by atoms with E-state index >= 15 is 0 Å².